The maximum atomic E-state index is 9.20. The van der Waals surface area contributed by atoms with Gasteiger partial charge in [0.2, 0.25) is 0 Å². The van der Waals surface area contributed by atoms with Crippen LogP contribution in [0.1, 0.15) is 19.3 Å². The molecule has 0 bridgehead atoms. The minimum Gasteiger partial charge on any atom is -0.390 e. The Labute approximate surface area is 55.8 Å². The van der Waals surface area contributed by atoms with Crippen molar-refractivity contribution in [1.29, 1.82) is 0 Å². The fraction of sp³-hybridized carbons (Fsp3) is 0.857. The Bertz CT molecular complexity index is 83.0. The molecule has 1 aliphatic heterocycles. The summed E-state index contributed by atoms with van der Waals surface area (Å²) in [5.74, 6) is 0. The predicted molar refractivity (Wildman–Crippen MR) is 35.0 cm³/mol. The summed E-state index contributed by atoms with van der Waals surface area (Å²) in [5.41, 5.74) is 0. The molecule has 0 aromatic heterocycles. The SMILES string of the molecule is [CH2]CC1OCCCC1O. The van der Waals surface area contributed by atoms with Crippen LogP contribution in [0.25, 0.3) is 0 Å². The number of hydrogen-bond acceptors (Lipinski definition) is 2. The molecule has 1 radical (unpaired) electrons. The standard InChI is InChI=1S/C7H13O2/c1-2-7-6(8)4-3-5-9-7/h6-8H,1-5H2. The first kappa shape index (κ1) is 7.03. The van der Waals surface area contributed by atoms with Gasteiger partial charge in [-0.1, -0.05) is 6.92 Å². The minimum absolute atomic E-state index is 0.00116. The third-order valence-corrected chi connectivity index (χ3v) is 1.69. The van der Waals surface area contributed by atoms with Crippen LogP contribution in [0.4, 0.5) is 0 Å². The van der Waals surface area contributed by atoms with E-state index >= 15 is 0 Å². The van der Waals surface area contributed by atoms with Crippen LogP contribution in [0.5, 0.6) is 0 Å². The van der Waals surface area contributed by atoms with Crippen LogP contribution in [0, 0.1) is 6.92 Å². The second-order valence-corrected chi connectivity index (χ2v) is 2.41. The first-order valence-electron chi connectivity index (χ1n) is 3.43. The Morgan fingerprint density at radius 1 is 1.67 bits per heavy atom. The van der Waals surface area contributed by atoms with E-state index in [-0.39, 0.29) is 12.2 Å². The van der Waals surface area contributed by atoms with Gasteiger partial charge < -0.3 is 9.84 Å². The average Bonchev–Trinajstić information content (AvgIpc) is 1.89. The Morgan fingerprint density at radius 3 is 2.89 bits per heavy atom. The Hall–Kier alpha value is -0.0800. The van der Waals surface area contributed by atoms with Crippen molar-refractivity contribution in [3.8, 4) is 0 Å². The molecule has 2 unspecified atom stereocenters. The number of hydrogen-bond donors (Lipinski definition) is 1. The summed E-state index contributed by atoms with van der Waals surface area (Å²) in [4.78, 5) is 0. The van der Waals surface area contributed by atoms with Gasteiger partial charge in [-0.2, -0.15) is 0 Å². The van der Waals surface area contributed by atoms with E-state index in [1.54, 1.807) is 0 Å². The fourth-order valence-corrected chi connectivity index (χ4v) is 1.10. The molecule has 1 fully saturated rings. The lowest BCUT2D eigenvalue weighted by molar-refractivity contribution is -0.0716. The number of aliphatic hydroxyl groups is 1. The van der Waals surface area contributed by atoms with Gasteiger partial charge in [0.1, 0.15) is 0 Å². The van der Waals surface area contributed by atoms with Crippen LogP contribution in [-0.4, -0.2) is 23.9 Å². The topological polar surface area (TPSA) is 29.5 Å². The quantitative estimate of drug-likeness (QED) is 0.566. The van der Waals surface area contributed by atoms with E-state index in [9.17, 15) is 5.11 Å². The van der Waals surface area contributed by atoms with Gasteiger partial charge in [0.25, 0.3) is 0 Å². The van der Waals surface area contributed by atoms with E-state index < -0.39 is 0 Å². The molecule has 1 saturated heterocycles. The largest absolute Gasteiger partial charge is 0.390 e. The maximum absolute atomic E-state index is 9.20. The van der Waals surface area contributed by atoms with Gasteiger partial charge in [0.05, 0.1) is 12.2 Å². The molecule has 0 saturated carbocycles. The molecular weight excluding hydrogens is 116 g/mol. The molecule has 1 aliphatic rings. The molecule has 0 aliphatic carbocycles. The molecule has 1 heterocycles. The third kappa shape index (κ3) is 1.66. The normalized spacial score (nSPS) is 36.7. The summed E-state index contributed by atoms with van der Waals surface area (Å²) in [7, 11) is 0. The smallest absolute Gasteiger partial charge is 0.0833 e. The molecule has 2 atom stereocenters. The van der Waals surface area contributed by atoms with Gasteiger partial charge in [0, 0.05) is 6.61 Å². The molecule has 1 N–H and O–H groups in total. The molecule has 9 heavy (non-hydrogen) atoms. The summed E-state index contributed by atoms with van der Waals surface area (Å²) < 4.78 is 5.23. The van der Waals surface area contributed by atoms with Crippen LogP contribution in [0.3, 0.4) is 0 Å². The highest BCUT2D eigenvalue weighted by atomic mass is 16.5. The summed E-state index contributed by atoms with van der Waals surface area (Å²) in [6, 6.07) is 0. The Balaban J connectivity index is 2.30. The highest BCUT2D eigenvalue weighted by Crippen LogP contribution is 2.15. The van der Waals surface area contributed by atoms with Crippen molar-refractivity contribution in [2.24, 2.45) is 0 Å². The zero-order valence-corrected chi connectivity index (χ0v) is 5.55. The molecule has 0 aromatic rings. The predicted octanol–water partition coefficient (Wildman–Crippen LogP) is 0.750. The Morgan fingerprint density at radius 2 is 2.44 bits per heavy atom. The highest BCUT2D eigenvalue weighted by Gasteiger charge is 2.21. The van der Waals surface area contributed by atoms with E-state index in [0.29, 0.717) is 6.42 Å². The van der Waals surface area contributed by atoms with Crippen LogP contribution in [-0.2, 0) is 4.74 Å². The van der Waals surface area contributed by atoms with Gasteiger partial charge >= 0.3 is 0 Å². The first-order valence-corrected chi connectivity index (χ1v) is 3.43. The molecule has 0 aromatic carbocycles. The lowest BCUT2D eigenvalue weighted by atomic mass is 10.0. The molecular formula is C7H13O2. The van der Waals surface area contributed by atoms with Gasteiger partial charge in [0.15, 0.2) is 0 Å². The Kier molecular flexibility index (Phi) is 2.49. The van der Waals surface area contributed by atoms with Crippen molar-refractivity contribution in [2.45, 2.75) is 31.5 Å². The molecule has 1 rings (SSSR count). The van der Waals surface area contributed by atoms with E-state index in [0.717, 1.165) is 19.4 Å². The van der Waals surface area contributed by atoms with Crippen LogP contribution >= 0.6 is 0 Å². The van der Waals surface area contributed by atoms with Crippen molar-refractivity contribution in [3.05, 3.63) is 6.92 Å². The van der Waals surface area contributed by atoms with Crippen molar-refractivity contribution in [3.63, 3.8) is 0 Å². The van der Waals surface area contributed by atoms with Crippen molar-refractivity contribution in [1.82, 2.24) is 0 Å². The van der Waals surface area contributed by atoms with Crippen LogP contribution in [0.2, 0.25) is 0 Å². The number of rotatable bonds is 1. The van der Waals surface area contributed by atoms with E-state index in [1.807, 2.05) is 0 Å². The van der Waals surface area contributed by atoms with Gasteiger partial charge in [-0.3, -0.25) is 0 Å². The molecule has 53 valence electrons. The third-order valence-electron chi connectivity index (χ3n) is 1.69. The summed E-state index contributed by atoms with van der Waals surface area (Å²) in [6.45, 7) is 4.46. The molecule has 0 spiro atoms. The fourth-order valence-electron chi connectivity index (χ4n) is 1.10. The van der Waals surface area contributed by atoms with E-state index in [2.05, 4.69) is 6.92 Å². The minimum atomic E-state index is -0.267. The van der Waals surface area contributed by atoms with Crippen LogP contribution < -0.4 is 0 Å². The van der Waals surface area contributed by atoms with Gasteiger partial charge in [-0.25, -0.2) is 0 Å². The lowest BCUT2D eigenvalue weighted by Crippen LogP contribution is -2.33. The first-order chi connectivity index (χ1) is 4.34. The summed E-state index contributed by atoms with van der Waals surface area (Å²) in [6.07, 6.45) is 2.27. The maximum Gasteiger partial charge on any atom is 0.0833 e. The highest BCUT2D eigenvalue weighted by molar-refractivity contribution is 4.73. The van der Waals surface area contributed by atoms with E-state index in [4.69, 9.17) is 4.74 Å². The number of aliphatic hydroxyl groups excluding tert-OH is 1. The molecule has 2 nitrogen and oxygen atoms in total. The second-order valence-electron chi connectivity index (χ2n) is 2.41. The van der Waals surface area contributed by atoms with E-state index in [1.165, 1.54) is 0 Å². The lowest BCUT2D eigenvalue weighted by Gasteiger charge is -2.26. The van der Waals surface area contributed by atoms with Crippen molar-refractivity contribution in [2.75, 3.05) is 6.61 Å². The van der Waals surface area contributed by atoms with Crippen LogP contribution in [0.15, 0.2) is 0 Å². The average molecular weight is 129 g/mol. The van der Waals surface area contributed by atoms with Gasteiger partial charge in [-0.15, -0.1) is 0 Å². The van der Waals surface area contributed by atoms with Crippen molar-refractivity contribution < 1.29 is 9.84 Å². The number of ether oxygens (including phenoxy) is 1. The van der Waals surface area contributed by atoms with Gasteiger partial charge in [-0.05, 0) is 19.3 Å². The zero-order valence-electron chi connectivity index (χ0n) is 5.55. The summed E-state index contributed by atoms with van der Waals surface area (Å²) >= 11 is 0. The zero-order chi connectivity index (χ0) is 6.69. The van der Waals surface area contributed by atoms with Crippen molar-refractivity contribution >= 4 is 0 Å². The summed E-state index contributed by atoms with van der Waals surface area (Å²) in [5, 5.41) is 9.20. The molecule has 0 amide bonds. The second kappa shape index (κ2) is 3.18. The monoisotopic (exact) mass is 129 g/mol. The molecule has 2 heteroatoms.